The first-order chi connectivity index (χ1) is 7.24. The van der Waals surface area contributed by atoms with Crippen molar-refractivity contribution in [3.8, 4) is 5.75 Å². The van der Waals surface area contributed by atoms with E-state index in [0.717, 1.165) is 5.56 Å². The highest BCUT2D eigenvalue weighted by Gasteiger charge is 1.98. The summed E-state index contributed by atoms with van der Waals surface area (Å²) >= 11 is 0. The molecule has 0 bridgehead atoms. The first kappa shape index (κ1) is 13.9. The van der Waals surface area contributed by atoms with Crippen molar-refractivity contribution in [1.82, 2.24) is 0 Å². The lowest BCUT2D eigenvalue weighted by atomic mass is 10.2. The molecule has 1 aromatic rings. The molecule has 1 rings (SSSR count). The van der Waals surface area contributed by atoms with E-state index in [1.165, 1.54) is 0 Å². The summed E-state index contributed by atoms with van der Waals surface area (Å²) < 4.78 is 18.4. The smallest absolute Gasteiger partial charge is 0.189 e. The molecular weight excluding hydrogens is 213 g/mol. The van der Waals surface area contributed by atoms with E-state index >= 15 is 0 Å². The third-order valence-electron chi connectivity index (χ3n) is 1.67. The van der Waals surface area contributed by atoms with E-state index in [9.17, 15) is 0 Å². The summed E-state index contributed by atoms with van der Waals surface area (Å²) in [6.07, 6.45) is 0. The summed E-state index contributed by atoms with van der Waals surface area (Å²) in [6.45, 7) is 4.81. The molecule has 0 aliphatic heterocycles. The van der Waals surface area contributed by atoms with Gasteiger partial charge in [0.05, 0.1) is 5.69 Å². The van der Waals surface area contributed by atoms with Crippen LogP contribution in [0, 0.1) is 6.92 Å². The molecule has 15 heavy (non-hydrogen) atoms. The number of hydrogen-bond acceptors (Lipinski definition) is 4. The zero-order chi connectivity index (χ0) is 11.7. The minimum absolute atomic E-state index is 0.254. The molecule has 84 valence electrons. The van der Waals surface area contributed by atoms with Gasteiger partial charge in [0.2, 0.25) is 0 Å². The average Bonchev–Trinajstić information content (AvgIpc) is 2.24. The predicted molar refractivity (Wildman–Crippen MR) is 61.7 cm³/mol. The third-order valence-corrected chi connectivity index (χ3v) is 1.67. The fraction of sp³-hybridized carbons (Fsp3) is 0.400. The van der Waals surface area contributed by atoms with Crippen molar-refractivity contribution in [3.63, 3.8) is 0 Å². The Labute approximate surface area is 92.0 Å². The van der Waals surface area contributed by atoms with Gasteiger partial charge in [-0.25, -0.2) is 0 Å². The highest BCUT2D eigenvalue weighted by atomic mass is 31.0. The molecule has 0 aliphatic carbocycles. The highest BCUT2D eigenvalue weighted by Crippen LogP contribution is 2.21. The van der Waals surface area contributed by atoms with E-state index in [1.54, 1.807) is 9.12 Å². The van der Waals surface area contributed by atoms with E-state index in [4.69, 9.17) is 19.8 Å². The summed E-state index contributed by atoms with van der Waals surface area (Å²) in [5, 5.41) is 0. The van der Waals surface area contributed by atoms with Crippen LogP contribution in [0.15, 0.2) is 18.2 Å². The standard InChI is InChI=1S/C10H15NO2.HOP/c1-3-12-7-13-10-5-4-8(2)6-9(10)11;1-2/h4-6H,3,7,11H2,1-2H3;2H. The molecule has 0 heterocycles. The van der Waals surface area contributed by atoms with Gasteiger partial charge >= 0.3 is 0 Å². The van der Waals surface area contributed by atoms with E-state index in [2.05, 4.69) is 0 Å². The van der Waals surface area contributed by atoms with Crippen molar-refractivity contribution in [2.24, 2.45) is 0 Å². The fourth-order valence-corrected chi connectivity index (χ4v) is 0.988. The van der Waals surface area contributed by atoms with Crippen molar-refractivity contribution in [2.75, 3.05) is 19.1 Å². The third kappa shape index (κ3) is 5.35. The number of rotatable bonds is 4. The Hall–Kier alpha value is -1.12. The van der Waals surface area contributed by atoms with Crippen LogP contribution in [-0.2, 0) is 9.30 Å². The maximum atomic E-state index is 8.06. The summed E-state index contributed by atoms with van der Waals surface area (Å²) in [4.78, 5) is 0. The molecule has 0 spiro atoms. The molecule has 0 saturated heterocycles. The van der Waals surface area contributed by atoms with Gasteiger partial charge in [0.25, 0.3) is 0 Å². The normalized spacial score (nSPS) is 8.93. The quantitative estimate of drug-likeness (QED) is 0.373. The van der Waals surface area contributed by atoms with Gasteiger partial charge in [0, 0.05) is 6.61 Å². The maximum absolute atomic E-state index is 8.06. The fourth-order valence-electron chi connectivity index (χ4n) is 0.988. The molecular formula is C10H16NO3P. The Morgan fingerprint density at radius 3 is 2.60 bits per heavy atom. The lowest BCUT2D eigenvalue weighted by molar-refractivity contribution is 0.0228. The summed E-state index contributed by atoms with van der Waals surface area (Å²) in [5.41, 5.74) is 7.50. The van der Waals surface area contributed by atoms with Crippen LogP contribution in [0.4, 0.5) is 5.69 Å². The molecule has 0 radical (unpaired) electrons. The molecule has 0 saturated carbocycles. The van der Waals surface area contributed by atoms with E-state index in [1.807, 2.05) is 32.0 Å². The van der Waals surface area contributed by atoms with Crippen molar-refractivity contribution in [3.05, 3.63) is 23.8 Å². The molecule has 4 nitrogen and oxygen atoms in total. The number of ether oxygens (including phenoxy) is 2. The lowest BCUT2D eigenvalue weighted by Gasteiger charge is -2.08. The van der Waals surface area contributed by atoms with Gasteiger partial charge < -0.3 is 15.2 Å². The van der Waals surface area contributed by atoms with Gasteiger partial charge in [-0.15, -0.1) is 0 Å². The maximum Gasteiger partial charge on any atom is 0.189 e. The molecule has 5 heteroatoms. The average molecular weight is 229 g/mol. The Morgan fingerprint density at radius 2 is 2.07 bits per heavy atom. The zero-order valence-corrected chi connectivity index (χ0v) is 9.95. The number of anilines is 1. The number of hydrogen-bond donors (Lipinski definition) is 1. The molecule has 2 N–H and O–H groups in total. The number of benzene rings is 1. The predicted octanol–water partition coefficient (Wildman–Crippen LogP) is 2.42. The van der Waals surface area contributed by atoms with Crippen LogP contribution in [0.3, 0.4) is 0 Å². The molecule has 0 unspecified atom stereocenters. The minimum atomic E-state index is 0.254. The molecule has 0 aliphatic rings. The van der Waals surface area contributed by atoms with Crippen LogP contribution >= 0.6 is 9.12 Å². The highest BCUT2D eigenvalue weighted by molar-refractivity contribution is 7.00. The number of nitrogen functional groups attached to an aromatic ring is 1. The van der Waals surface area contributed by atoms with E-state index < -0.39 is 0 Å². The van der Waals surface area contributed by atoms with Gasteiger partial charge in [0.15, 0.2) is 6.79 Å². The Morgan fingerprint density at radius 1 is 1.40 bits per heavy atom. The van der Waals surface area contributed by atoms with Crippen LogP contribution < -0.4 is 10.5 Å². The second kappa shape index (κ2) is 8.21. The lowest BCUT2D eigenvalue weighted by Crippen LogP contribution is -2.04. The van der Waals surface area contributed by atoms with Crippen molar-refractivity contribution in [2.45, 2.75) is 13.8 Å². The number of aryl methyl sites for hydroxylation is 1. The Bertz CT molecular complexity index is 294. The van der Waals surface area contributed by atoms with Gasteiger partial charge in [-0.3, -0.25) is 4.57 Å². The van der Waals surface area contributed by atoms with Crippen LogP contribution in [0.2, 0.25) is 0 Å². The number of nitrogens with two attached hydrogens (primary N) is 1. The Kier molecular flexibility index (Phi) is 7.60. The SMILES string of the molecule is CCOCOc1ccc(C)cc1N.O=P. The second-order valence-corrected chi connectivity index (χ2v) is 2.80. The molecule has 0 aromatic heterocycles. The second-order valence-electron chi connectivity index (χ2n) is 2.80. The zero-order valence-electron chi connectivity index (χ0n) is 8.95. The van der Waals surface area contributed by atoms with Crippen molar-refractivity contribution < 1.29 is 14.0 Å². The first-order valence-electron chi connectivity index (χ1n) is 4.51. The molecule has 0 fully saturated rings. The van der Waals surface area contributed by atoms with Crippen molar-refractivity contribution in [1.29, 1.82) is 0 Å². The summed E-state index contributed by atoms with van der Waals surface area (Å²) in [5.74, 6) is 0.680. The van der Waals surface area contributed by atoms with Gasteiger partial charge in [-0.05, 0) is 31.5 Å². The first-order valence-corrected chi connectivity index (χ1v) is 4.92. The topological polar surface area (TPSA) is 61.6 Å². The van der Waals surface area contributed by atoms with Crippen LogP contribution in [0.5, 0.6) is 5.75 Å². The minimum Gasteiger partial charge on any atom is -0.465 e. The van der Waals surface area contributed by atoms with Crippen LogP contribution in [-0.4, -0.2) is 13.4 Å². The molecule has 0 atom stereocenters. The van der Waals surface area contributed by atoms with Crippen LogP contribution in [0.1, 0.15) is 12.5 Å². The van der Waals surface area contributed by atoms with E-state index in [0.29, 0.717) is 18.0 Å². The van der Waals surface area contributed by atoms with Gasteiger partial charge in [-0.1, -0.05) is 6.07 Å². The molecule has 0 amide bonds. The summed E-state index contributed by atoms with van der Waals surface area (Å²) in [7, 11) is 1.72. The van der Waals surface area contributed by atoms with Gasteiger partial charge in [-0.2, -0.15) is 0 Å². The summed E-state index contributed by atoms with van der Waals surface area (Å²) in [6, 6.07) is 5.68. The molecule has 1 aromatic carbocycles. The van der Waals surface area contributed by atoms with Crippen molar-refractivity contribution >= 4 is 14.8 Å². The van der Waals surface area contributed by atoms with Crippen LogP contribution in [0.25, 0.3) is 0 Å². The monoisotopic (exact) mass is 229 g/mol. The van der Waals surface area contributed by atoms with E-state index in [-0.39, 0.29) is 6.79 Å². The van der Waals surface area contributed by atoms with Gasteiger partial charge in [0.1, 0.15) is 14.9 Å². The Balaban J connectivity index is 0.000000921. The largest absolute Gasteiger partial charge is 0.465 e.